The van der Waals surface area contributed by atoms with Crippen molar-refractivity contribution < 1.29 is 8.78 Å². The van der Waals surface area contributed by atoms with E-state index in [4.69, 9.17) is 5.26 Å². The van der Waals surface area contributed by atoms with Gasteiger partial charge in [-0.15, -0.1) is 0 Å². The zero-order valence-electron chi connectivity index (χ0n) is 9.28. The van der Waals surface area contributed by atoms with Gasteiger partial charge in [-0.05, 0) is 23.7 Å². The maximum Gasteiger partial charge on any atom is 0.175 e. The van der Waals surface area contributed by atoms with E-state index in [1.807, 2.05) is 6.92 Å². The summed E-state index contributed by atoms with van der Waals surface area (Å²) < 4.78 is 31.8. The first-order chi connectivity index (χ1) is 8.63. The Hall–Kier alpha value is -1.52. The van der Waals surface area contributed by atoms with Crippen molar-refractivity contribution in [2.45, 2.75) is 22.6 Å². The average Bonchev–Trinajstić information content (AvgIpc) is 2.81. The van der Waals surface area contributed by atoms with Gasteiger partial charge in [0.05, 0.1) is 16.5 Å². The minimum absolute atomic E-state index is 0.0409. The predicted molar refractivity (Wildman–Crippen MR) is 64.5 cm³/mol. The van der Waals surface area contributed by atoms with E-state index in [-0.39, 0.29) is 10.5 Å². The summed E-state index contributed by atoms with van der Waals surface area (Å²) in [6.45, 7) is 1.90. The standard InChI is InChI=1S/C11H7F2N3S2/c1-2-9-15-11(18-16-9)17-10-7(12)3-6(5-14)4-8(10)13/h3-4H,2H2,1H3. The minimum atomic E-state index is -0.759. The van der Waals surface area contributed by atoms with Gasteiger partial charge >= 0.3 is 0 Å². The molecule has 2 aromatic rings. The van der Waals surface area contributed by atoms with Crippen LogP contribution in [0.15, 0.2) is 21.4 Å². The van der Waals surface area contributed by atoms with Crippen LogP contribution in [0.3, 0.4) is 0 Å². The smallest absolute Gasteiger partial charge is 0.175 e. The highest BCUT2D eigenvalue weighted by Crippen LogP contribution is 2.33. The number of rotatable bonds is 3. The van der Waals surface area contributed by atoms with Gasteiger partial charge in [-0.25, -0.2) is 13.8 Å². The third-order valence-corrected chi connectivity index (χ3v) is 3.97. The molecule has 0 saturated carbocycles. The van der Waals surface area contributed by atoms with Crippen LogP contribution in [-0.4, -0.2) is 9.36 Å². The highest BCUT2D eigenvalue weighted by atomic mass is 32.2. The van der Waals surface area contributed by atoms with Crippen molar-refractivity contribution in [3.8, 4) is 6.07 Å². The van der Waals surface area contributed by atoms with Gasteiger partial charge in [0, 0.05) is 6.42 Å². The Labute approximate surface area is 111 Å². The van der Waals surface area contributed by atoms with E-state index in [1.54, 1.807) is 6.07 Å². The third-order valence-electron chi connectivity index (χ3n) is 2.08. The Morgan fingerprint density at radius 1 is 1.39 bits per heavy atom. The van der Waals surface area contributed by atoms with Gasteiger partial charge < -0.3 is 0 Å². The fraction of sp³-hybridized carbons (Fsp3) is 0.182. The molecule has 0 fully saturated rings. The Balaban J connectivity index is 2.32. The molecule has 1 aromatic heterocycles. The molecule has 0 amide bonds. The van der Waals surface area contributed by atoms with Crippen molar-refractivity contribution in [3.63, 3.8) is 0 Å². The molecule has 0 saturated heterocycles. The molecule has 0 radical (unpaired) electrons. The summed E-state index contributed by atoms with van der Waals surface area (Å²) in [5, 5.41) is 8.59. The molecular weight excluding hydrogens is 276 g/mol. The number of hydrogen-bond donors (Lipinski definition) is 0. The van der Waals surface area contributed by atoms with E-state index >= 15 is 0 Å². The van der Waals surface area contributed by atoms with Gasteiger partial charge in [0.25, 0.3) is 0 Å². The van der Waals surface area contributed by atoms with Gasteiger partial charge in [-0.2, -0.15) is 9.64 Å². The second kappa shape index (κ2) is 5.42. The van der Waals surface area contributed by atoms with Crippen LogP contribution in [0, 0.1) is 23.0 Å². The number of nitrogens with zero attached hydrogens (tertiary/aromatic N) is 3. The topological polar surface area (TPSA) is 49.6 Å². The van der Waals surface area contributed by atoms with E-state index in [2.05, 4.69) is 9.36 Å². The van der Waals surface area contributed by atoms with Crippen LogP contribution in [0.25, 0.3) is 0 Å². The summed E-state index contributed by atoms with van der Waals surface area (Å²) in [5.41, 5.74) is -0.0409. The fourth-order valence-electron chi connectivity index (χ4n) is 1.23. The summed E-state index contributed by atoms with van der Waals surface area (Å²) in [4.78, 5) is 3.96. The minimum Gasteiger partial charge on any atom is -0.213 e. The van der Waals surface area contributed by atoms with Crippen molar-refractivity contribution in [3.05, 3.63) is 35.2 Å². The largest absolute Gasteiger partial charge is 0.213 e. The Morgan fingerprint density at radius 2 is 2.06 bits per heavy atom. The summed E-state index contributed by atoms with van der Waals surface area (Å²) in [5.74, 6) is -0.869. The molecule has 1 heterocycles. The summed E-state index contributed by atoms with van der Waals surface area (Å²) in [6, 6.07) is 3.71. The van der Waals surface area contributed by atoms with Crippen LogP contribution in [0.4, 0.5) is 8.78 Å². The van der Waals surface area contributed by atoms with Crippen molar-refractivity contribution in [2.75, 3.05) is 0 Å². The fourth-order valence-corrected chi connectivity index (χ4v) is 2.88. The lowest BCUT2D eigenvalue weighted by atomic mass is 10.2. The van der Waals surface area contributed by atoms with Gasteiger partial charge in [-0.3, -0.25) is 0 Å². The maximum absolute atomic E-state index is 13.6. The first kappa shape index (κ1) is 12.9. The number of hydrogen-bond acceptors (Lipinski definition) is 5. The molecular formula is C11H7F2N3S2. The molecule has 3 nitrogen and oxygen atoms in total. The van der Waals surface area contributed by atoms with E-state index in [0.29, 0.717) is 16.6 Å². The van der Waals surface area contributed by atoms with Crippen LogP contribution < -0.4 is 0 Å². The number of halogens is 2. The highest BCUT2D eigenvalue weighted by Gasteiger charge is 2.15. The van der Waals surface area contributed by atoms with Crippen LogP contribution in [0.5, 0.6) is 0 Å². The second-order valence-electron chi connectivity index (χ2n) is 3.31. The van der Waals surface area contributed by atoms with Crippen LogP contribution >= 0.6 is 23.3 Å². The van der Waals surface area contributed by atoms with Gasteiger partial charge in [0.1, 0.15) is 17.5 Å². The highest BCUT2D eigenvalue weighted by molar-refractivity contribution is 8.01. The zero-order chi connectivity index (χ0) is 13.1. The molecule has 7 heteroatoms. The average molecular weight is 283 g/mol. The number of benzene rings is 1. The third kappa shape index (κ3) is 2.66. The normalized spacial score (nSPS) is 10.3. The van der Waals surface area contributed by atoms with Gasteiger partial charge in [0.15, 0.2) is 4.34 Å². The number of aryl methyl sites for hydroxylation is 1. The summed E-state index contributed by atoms with van der Waals surface area (Å²) >= 11 is 1.98. The van der Waals surface area contributed by atoms with E-state index in [9.17, 15) is 8.78 Å². The molecule has 2 rings (SSSR count). The second-order valence-corrected chi connectivity index (χ2v) is 5.32. The number of aromatic nitrogens is 2. The van der Waals surface area contributed by atoms with Crippen LogP contribution in [0.1, 0.15) is 18.3 Å². The molecule has 0 atom stereocenters. The van der Waals surface area contributed by atoms with Crippen molar-refractivity contribution in [2.24, 2.45) is 0 Å². The molecule has 1 aromatic carbocycles. The maximum atomic E-state index is 13.6. The van der Waals surface area contributed by atoms with Crippen molar-refractivity contribution >= 4 is 23.3 Å². The van der Waals surface area contributed by atoms with Gasteiger partial charge in [-0.1, -0.05) is 18.7 Å². The first-order valence-electron chi connectivity index (χ1n) is 5.03. The lowest BCUT2D eigenvalue weighted by Gasteiger charge is -2.02. The molecule has 18 heavy (non-hydrogen) atoms. The molecule has 0 N–H and O–H groups in total. The SMILES string of the molecule is CCc1nsc(Sc2c(F)cc(C#N)cc2F)n1. The van der Waals surface area contributed by atoms with Crippen molar-refractivity contribution in [1.29, 1.82) is 5.26 Å². The van der Waals surface area contributed by atoms with Crippen LogP contribution in [-0.2, 0) is 6.42 Å². The zero-order valence-corrected chi connectivity index (χ0v) is 10.9. The monoisotopic (exact) mass is 283 g/mol. The molecule has 0 bridgehead atoms. The summed E-state index contributed by atoms with van der Waals surface area (Å²) in [6.07, 6.45) is 0.676. The van der Waals surface area contributed by atoms with E-state index < -0.39 is 11.6 Å². The lowest BCUT2D eigenvalue weighted by molar-refractivity contribution is 0.540. The Morgan fingerprint density at radius 3 is 2.56 bits per heavy atom. The van der Waals surface area contributed by atoms with E-state index in [0.717, 1.165) is 35.4 Å². The first-order valence-corrected chi connectivity index (χ1v) is 6.62. The Bertz CT molecular complexity index is 596. The Kier molecular flexibility index (Phi) is 3.89. The lowest BCUT2D eigenvalue weighted by Crippen LogP contribution is -1.90. The summed E-state index contributed by atoms with van der Waals surface area (Å²) in [7, 11) is 0. The quantitative estimate of drug-likeness (QED) is 0.866. The van der Waals surface area contributed by atoms with Crippen molar-refractivity contribution in [1.82, 2.24) is 9.36 Å². The van der Waals surface area contributed by atoms with Gasteiger partial charge in [0.2, 0.25) is 0 Å². The number of nitriles is 1. The van der Waals surface area contributed by atoms with Crippen LogP contribution in [0.2, 0.25) is 0 Å². The molecule has 0 aliphatic carbocycles. The van der Waals surface area contributed by atoms with E-state index in [1.165, 1.54) is 0 Å². The predicted octanol–water partition coefficient (Wildman–Crippen LogP) is 3.40. The molecule has 0 unspecified atom stereocenters. The molecule has 0 aliphatic rings. The molecule has 0 aliphatic heterocycles. The molecule has 0 spiro atoms. The molecule has 92 valence electrons.